The van der Waals surface area contributed by atoms with Crippen LogP contribution >= 0.6 is 23.6 Å². The van der Waals surface area contributed by atoms with E-state index < -0.39 is 4.92 Å². The average molecular weight is 317 g/mol. The molecule has 3 rings (SSSR count). The molecule has 2 aromatic rings. The first-order chi connectivity index (χ1) is 10.1. The van der Waals surface area contributed by atoms with E-state index in [9.17, 15) is 15.4 Å². The normalized spacial score (nSPS) is 13.5. The van der Waals surface area contributed by atoms with Gasteiger partial charge in [0.15, 0.2) is 0 Å². The van der Waals surface area contributed by atoms with Crippen molar-refractivity contribution in [3.05, 3.63) is 43.7 Å². The van der Waals surface area contributed by atoms with Gasteiger partial charge in [-0.1, -0.05) is 23.6 Å². The molecule has 106 valence electrons. The van der Waals surface area contributed by atoms with Gasteiger partial charge in [-0.25, -0.2) is 0 Å². The van der Waals surface area contributed by atoms with Crippen molar-refractivity contribution in [3.8, 4) is 16.5 Å². The zero-order valence-electron chi connectivity index (χ0n) is 11.0. The fourth-order valence-corrected chi connectivity index (χ4v) is 3.89. The van der Waals surface area contributed by atoms with Crippen LogP contribution in [0.4, 0.5) is 5.00 Å². The highest BCUT2D eigenvalue weighted by Crippen LogP contribution is 2.39. The van der Waals surface area contributed by atoms with Gasteiger partial charge in [0, 0.05) is 22.2 Å². The van der Waals surface area contributed by atoms with Crippen LogP contribution in [0.3, 0.4) is 0 Å². The van der Waals surface area contributed by atoms with E-state index in [0.717, 1.165) is 58.7 Å². The summed E-state index contributed by atoms with van der Waals surface area (Å²) >= 11 is 6.37. The summed E-state index contributed by atoms with van der Waals surface area (Å²) in [5.41, 5.74) is 3.36. The molecular formula is C14H11N3O2S2. The van der Waals surface area contributed by atoms with Crippen LogP contribution in [0.1, 0.15) is 29.7 Å². The first-order valence-corrected chi connectivity index (χ1v) is 7.77. The number of thiophene rings is 1. The Kier molecular flexibility index (Phi) is 3.57. The van der Waals surface area contributed by atoms with Gasteiger partial charge in [-0.3, -0.25) is 10.1 Å². The first kappa shape index (κ1) is 13.9. The molecule has 0 atom stereocenters. The summed E-state index contributed by atoms with van der Waals surface area (Å²) in [6, 6.07) is 5.35. The number of fused-ring (bicyclic) bond motifs is 1. The number of H-pyrrole nitrogens is 1. The zero-order chi connectivity index (χ0) is 15.0. The van der Waals surface area contributed by atoms with Gasteiger partial charge in [0.25, 0.3) is 0 Å². The number of aromatic amines is 1. The average Bonchev–Trinajstić information content (AvgIpc) is 2.95. The molecular weight excluding hydrogens is 306 g/mol. The minimum absolute atomic E-state index is 0.0807. The predicted molar refractivity (Wildman–Crippen MR) is 83.0 cm³/mol. The Hall–Kier alpha value is -2.04. The van der Waals surface area contributed by atoms with E-state index in [2.05, 4.69) is 11.1 Å². The third-order valence-corrected chi connectivity index (χ3v) is 5.00. The summed E-state index contributed by atoms with van der Waals surface area (Å²) in [7, 11) is 0. The van der Waals surface area contributed by atoms with Crippen LogP contribution in [0.25, 0.3) is 10.4 Å². The van der Waals surface area contributed by atoms with Crippen LogP contribution in [-0.4, -0.2) is 9.91 Å². The number of rotatable bonds is 2. The van der Waals surface area contributed by atoms with Crippen molar-refractivity contribution in [2.75, 3.05) is 0 Å². The summed E-state index contributed by atoms with van der Waals surface area (Å²) in [4.78, 5) is 14.4. The Balaban J connectivity index is 2.29. The Labute approximate surface area is 130 Å². The molecule has 0 spiro atoms. The van der Waals surface area contributed by atoms with E-state index >= 15 is 0 Å². The maximum atomic E-state index is 10.9. The number of hydrogen-bond donors (Lipinski definition) is 1. The van der Waals surface area contributed by atoms with E-state index in [4.69, 9.17) is 12.2 Å². The van der Waals surface area contributed by atoms with Crippen molar-refractivity contribution in [2.45, 2.75) is 25.7 Å². The summed E-state index contributed by atoms with van der Waals surface area (Å²) < 4.78 is 0.421. The molecule has 5 nitrogen and oxygen atoms in total. The van der Waals surface area contributed by atoms with Crippen molar-refractivity contribution in [1.82, 2.24) is 4.98 Å². The highest BCUT2D eigenvalue weighted by molar-refractivity contribution is 7.71. The Morgan fingerprint density at radius 2 is 2.14 bits per heavy atom. The number of aromatic nitrogens is 1. The first-order valence-electron chi connectivity index (χ1n) is 6.54. The number of aryl methyl sites for hydroxylation is 1. The van der Waals surface area contributed by atoms with Gasteiger partial charge in [-0.15, -0.1) is 0 Å². The Morgan fingerprint density at radius 1 is 1.38 bits per heavy atom. The molecule has 0 aliphatic heterocycles. The maximum absolute atomic E-state index is 10.9. The maximum Gasteiger partial charge on any atom is 0.324 e. The number of nitriles is 1. The van der Waals surface area contributed by atoms with Crippen molar-refractivity contribution in [1.29, 1.82) is 5.26 Å². The molecule has 0 bridgehead atoms. The molecule has 2 heterocycles. The number of nitro groups is 1. The lowest BCUT2D eigenvalue weighted by Crippen LogP contribution is -2.09. The summed E-state index contributed by atoms with van der Waals surface area (Å²) in [6.45, 7) is 0. The predicted octanol–water partition coefficient (Wildman–Crippen LogP) is 4.13. The lowest BCUT2D eigenvalue weighted by molar-refractivity contribution is -0.380. The van der Waals surface area contributed by atoms with E-state index in [1.54, 1.807) is 6.07 Å². The van der Waals surface area contributed by atoms with Crippen molar-refractivity contribution < 1.29 is 4.92 Å². The van der Waals surface area contributed by atoms with Crippen LogP contribution in [0.15, 0.2) is 12.1 Å². The van der Waals surface area contributed by atoms with Crippen LogP contribution in [0.2, 0.25) is 0 Å². The molecule has 1 aliphatic rings. The van der Waals surface area contributed by atoms with Gasteiger partial charge in [-0.2, -0.15) is 5.26 Å². The molecule has 0 fully saturated rings. The molecule has 7 heteroatoms. The second-order valence-electron chi connectivity index (χ2n) is 4.88. The molecule has 2 aromatic heterocycles. The van der Waals surface area contributed by atoms with Gasteiger partial charge >= 0.3 is 5.00 Å². The number of hydrogen-bond acceptors (Lipinski definition) is 5. The third kappa shape index (κ3) is 2.37. The second-order valence-corrected chi connectivity index (χ2v) is 6.35. The summed E-state index contributed by atoms with van der Waals surface area (Å²) in [6.07, 6.45) is 3.93. The van der Waals surface area contributed by atoms with Gasteiger partial charge in [0.05, 0.1) is 10.5 Å². The number of pyridine rings is 1. The number of nitrogens with one attached hydrogen (secondary N) is 1. The highest BCUT2D eigenvalue weighted by atomic mass is 32.1. The lowest BCUT2D eigenvalue weighted by atomic mass is 9.89. The molecule has 0 amide bonds. The van der Waals surface area contributed by atoms with Crippen molar-refractivity contribution >= 4 is 28.6 Å². The quantitative estimate of drug-likeness (QED) is 0.513. The second kappa shape index (κ2) is 5.39. The molecule has 0 aromatic carbocycles. The fourth-order valence-electron chi connectivity index (χ4n) is 2.72. The van der Waals surface area contributed by atoms with Gasteiger partial charge in [0.1, 0.15) is 10.7 Å². The van der Waals surface area contributed by atoms with E-state index in [1.165, 1.54) is 6.07 Å². The van der Waals surface area contributed by atoms with Crippen molar-refractivity contribution in [2.24, 2.45) is 0 Å². The minimum atomic E-state index is -0.406. The largest absolute Gasteiger partial charge is 0.349 e. The standard InChI is InChI=1S/C14H11N3O2S2/c15-7-9-13(11-5-6-12(21-11)17(18)19)8-3-1-2-4-10(8)16-14(9)20/h5-6H,1-4H2,(H,16,20). The SMILES string of the molecule is N#Cc1c(-c2ccc([N+](=O)[O-])s2)c2c([nH]c1=S)CCCC2. The molecule has 0 saturated carbocycles. The van der Waals surface area contributed by atoms with Crippen LogP contribution < -0.4 is 0 Å². The number of nitrogens with zero attached hydrogens (tertiary/aromatic N) is 2. The summed E-state index contributed by atoms with van der Waals surface area (Å²) in [5.74, 6) is 0. The Morgan fingerprint density at radius 3 is 2.81 bits per heavy atom. The molecule has 0 saturated heterocycles. The molecule has 1 aliphatic carbocycles. The Bertz CT molecular complexity index is 830. The zero-order valence-corrected chi connectivity index (χ0v) is 12.6. The van der Waals surface area contributed by atoms with Gasteiger partial charge < -0.3 is 4.98 Å². The smallest absolute Gasteiger partial charge is 0.324 e. The minimum Gasteiger partial charge on any atom is -0.349 e. The van der Waals surface area contributed by atoms with E-state index in [0.29, 0.717) is 10.2 Å². The fraction of sp³-hybridized carbons (Fsp3) is 0.286. The van der Waals surface area contributed by atoms with Crippen LogP contribution in [0.5, 0.6) is 0 Å². The van der Waals surface area contributed by atoms with E-state index in [-0.39, 0.29) is 5.00 Å². The van der Waals surface area contributed by atoms with Gasteiger partial charge in [0.2, 0.25) is 0 Å². The topological polar surface area (TPSA) is 82.7 Å². The molecule has 0 radical (unpaired) electrons. The van der Waals surface area contributed by atoms with Gasteiger partial charge in [-0.05, 0) is 37.3 Å². The summed E-state index contributed by atoms with van der Waals surface area (Å²) in [5, 5.41) is 20.4. The monoisotopic (exact) mass is 317 g/mol. The lowest BCUT2D eigenvalue weighted by Gasteiger charge is -2.19. The van der Waals surface area contributed by atoms with Crippen molar-refractivity contribution in [3.63, 3.8) is 0 Å². The molecule has 1 N–H and O–H groups in total. The van der Waals surface area contributed by atoms with Crippen LogP contribution in [0, 0.1) is 26.1 Å². The molecule has 21 heavy (non-hydrogen) atoms. The third-order valence-electron chi connectivity index (χ3n) is 3.64. The highest BCUT2D eigenvalue weighted by Gasteiger charge is 2.22. The molecule has 0 unspecified atom stereocenters. The van der Waals surface area contributed by atoms with E-state index in [1.807, 2.05) is 0 Å². The van der Waals surface area contributed by atoms with Crippen LogP contribution in [-0.2, 0) is 12.8 Å².